The zero-order chi connectivity index (χ0) is 27.9. The summed E-state index contributed by atoms with van der Waals surface area (Å²) in [5.41, 5.74) is 1.52. The summed E-state index contributed by atoms with van der Waals surface area (Å²) >= 11 is 0. The van der Waals surface area contributed by atoms with Crippen LogP contribution in [0.25, 0.3) is 6.08 Å². The van der Waals surface area contributed by atoms with Crippen LogP contribution in [0.1, 0.15) is 98.5 Å². The zero-order valence-corrected chi connectivity index (χ0v) is 27.6. The molecule has 212 valence electrons. The van der Waals surface area contributed by atoms with Gasteiger partial charge in [0.15, 0.2) is 11.4 Å². The van der Waals surface area contributed by atoms with Crippen LogP contribution in [-0.4, -0.2) is 29.8 Å². The van der Waals surface area contributed by atoms with Crippen LogP contribution >= 0.6 is 0 Å². The molecular formula is C31H45NaO6S. The van der Waals surface area contributed by atoms with E-state index in [0.717, 1.165) is 19.3 Å². The molecule has 8 heteroatoms. The van der Waals surface area contributed by atoms with E-state index in [0.29, 0.717) is 41.4 Å². The molecule has 1 N–H and O–H groups in total. The third-order valence-corrected chi connectivity index (χ3v) is 10.4. The van der Waals surface area contributed by atoms with E-state index in [4.69, 9.17) is 8.92 Å². The van der Waals surface area contributed by atoms with Crippen molar-refractivity contribution in [2.75, 3.05) is 0 Å². The molecule has 1 aromatic rings. The van der Waals surface area contributed by atoms with Gasteiger partial charge in [-0.05, 0) is 99.5 Å². The van der Waals surface area contributed by atoms with Crippen molar-refractivity contribution in [2.45, 2.75) is 105 Å². The zero-order valence-electron chi connectivity index (χ0n) is 24.8. The molecule has 1 saturated carbocycles. The Bertz CT molecular complexity index is 1190. The van der Waals surface area contributed by atoms with Gasteiger partial charge in [-0.25, -0.2) is 8.42 Å². The molecule has 3 aliphatic rings. The van der Waals surface area contributed by atoms with Crippen molar-refractivity contribution in [1.29, 1.82) is 0 Å². The Kier molecular flexibility index (Phi) is 10.2. The van der Waals surface area contributed by atoms with E-state index >= 15 is 0 Å². The molecule has 39 heavy (non-hydrogen) atoms. The molecule has 0 aromatic heterocycles. The minimum atomic E-state index is -4.94. The predicted octanol–water partition coefficient (Wildman–Crippen LogP) is 4.02. The molecule has 4 rings (SSSR count). The Morgan fingerprint density at radius 3 is 2.56 bits per heavy atom. The number of para-hydroxylation sites is 1. The molecule has 6 atom stereocenters. The molecule has 0 radical (unpaired) electrons. The second-order valence-corrected chi connectivity index (χ2v) is 14.2. The van der Waals surface area contributed by atoms with Gasteiger partial charge >= 0.3 is 29.6 Å². The number of benzene rings is 1. The fourth-order valence-corrected chi connectivity index (χ4v) is 8.14. The van der Waals surface area contributed by atoms with Crippen LogP contribution in [0.4, 0.5) is 0 Å². The smallest absolute Gasteiger partial charge is 0.716 e. The summed E-state index contributed by atoms with van der Waals surface area (Å²) in [5.74, 6) is 1.70. The van der Waals surface area contributed by atoms with E-state index in [1.165, 1.54) is 24.8 Å². The van der Waals surface area contributed by atoms with Crippen LogP contribution < -0.4 is 34.3 Å². The largest absolute Gasteiger partial charge is 1.00 e. The van der Waals surface area contributed by atoms with Crippen LogP contribution in [0, 0.1) is 28.6 Å². The van der Waals surface area contributed by atoms with E-state index in [1.54, 1.807) is 19.1 Å². The number of allylic oxidation sites excluding steroid dienone is 2. The van der Waals surface area contributed by atoms with Gasteiger partial charge in [0.25, 0.3) is 10.4 Å². The third-order valence-electron chi connectivity index (χ3n) is 10.00. The number of ether oxygens (including phenoxy) is 1. The molecule has 0 saturated heterocycles. The van der Waals surface area contributed by atoms with E-state index in [2.05, 4.69) is 40.7 Å². The van der Waals surface area contributed by atoms with E-state index < -0.39 is 22.1 Å². The first-order valence-electron chi connectivity index (χ1n) is 14.1. The van der Waals surface area contributed by atoms with Gasteiger partial charge in [0.05, 0.1) is 6.10 Å². The molecule has 1 fully saturated rings. The quantitative estimate of drug-likeness (QED) is 0.209. The molecule has 0 amide bonds. The van der Waals surface area contributed by atoms with Crippen LogP contribution in [0.2, 0.25) is 0 Å². The standard InChI is InChI=1S/C31H46O6S.Na/c1-21-14-15-27-29(3,4)16-10-17-30(27,5)24(21)20-25(32)22(2)11-9-18-31(6)28(37-38(33,34)35)19-23-12-7-8-13-26(23)36-31;/h7-8,12-14,19,22,24-25,27,32H,9-11,15-18,20H2,1-6H3,(H,33,34,35);/q;+1/p-1. The number of fused-ring (bicyclic) bond motifs is 2. The normalized spacial score (nSPS) is 31.3. The van der Waals surface area contributed by atoms with Crippen molar-refractivity contribution >= 4 is 16.5 Å². The number of aliphatic hydroxyl groups excluding tert-OH is 1. The van der Waals surface area contributed by atoms with Gasteiger partial charge in [0, 0.05) is 5.56 Å². The van der Waals surface area contributed by atoms with E-state index in [1.807, 2.05) is 18.2 Å². The average Bonchev–Trinajstić information content (AvgIpc) is 2.80. The van der Waals surface area contributed by atoms with Gasteiger partial charge in [-0.2, -0.15) is 0 Å². The first kappa shape index (κ1) is 32.7. The first-order chi connectivity index (χ1) is 17.6. The Hall–Kier alpha value is -0.830. The summed E-state index contributed by atoms with van der Waals surface area (Å²) in [6, 6.07) is 7.27. The molecule has 0 bridgehead atoms. The van der Waals surface area contributed by atoms with Gasteiger partial charge in [0.1, 0.15) is 5.75 Å². The molecule has 0 spiro atoms. The van der Waals surface area contributed by atoms with E-state index in [-0.39, 0.29) is 46.6 Å². The van der Waals surface area contributed by atoms with Crippen LogP contribution in [0.5, 0.6) is 5.75 Å². The summed E-state index contributed by atoms with van der Waals surface area (Å²) < 4.78 is 45.3. The topological polar surface area (TPSA) is 95.9 Å². The summed E-state index contributed by atoms with van der Waals surface area (Å²) in [6.45, 7) is 13.4. The third kappa shape index (κ3) is 7.15. The van der Waals surface area contributed by atoms with Crippen LogP contribution in [0.15, 0.2) is 41.7 Å². The molecule has 1 aliphatic heterocycles. The molecular weight excluding hydrogens is 523 g/mol. The maximum Gasteiger partial charge on any atom is 1.00 e. The number of hydrogen-bond donors (Lipinski definition) is 1. The summed E-state index contributed by atoms with van der Waals surface area (Å²) in [6.07, 6.45) is 11.1. The monoisotopic (exact) mass is 568 g/mol. The van der Waals surface area contributed by atoms with Crippen LogP contribution in [0.3, 0.4) is 0 Å². The first-order valence-corrected chi connectivity index (χ1v) is 15.5. The van der Waals surface area contributed by atoms with Crippen molar-refractivity contribution in [3.63, 3.8) is 0 Å². The van der Waals surface area contributed by atoms with Gasteiger partial charge in [0.2, 0.25) is 0 Å². The maximum absolute atomic E-state index is 11.4. The SMILES string of the molecule is CC1=CCC2C(C)(C)CCCC2(C)C1CC(O)C(C)CCCC1(C)Oc2ccccc2C=C1OS(=O)(=O)[O-].[Na+]. The predicted molar refractivity (Wildman–Crippen MR) is 149 cm³/mol. The van der Waals surface area contributed by atoms with Gasteiger partial charge in [-0.1, -0.05) is 64.0 Å². The Morgan fingerprint density at radius 2 is 1.87 bits per heavy atom. The van der Waals surface area contributed by atoms with Crippen LogP contribution in [-0.2, 0) is 14.6 Å². The molecule has 6 nitrogen and oxygen atoms in total. The second-order valence-electron chi connectivity index (χ2n) is 13.2. The van der Waals surface area contributed by atoms with Crippen molar-refractivity contribution < 1.29 is 56.6 Å². The number of hydrogen-bond acceptors (Lipinski definition) is 6. The summed E-state index contributed by atoms with van der Waals surface area (Å²) in [4.78, 5) is 0. The minimum absolute atomic E-state index is 0. The van der Waals surface area contributed by atoms with Crippen molar-refractivity contribution in [2.24, 2.45) is 28.6 Å². The second kappa shape index (κ2) is 12.2. The van der Waals surface area contributed by atoms with Crippen molar-refractivity contribution in [3.8, 4) is 5.75 Å². The number of rotatable bonds is 9. The maximum atomic E-state index is 11.4. The molecule has 6 unspecified atom stereocenters. The molecule has 2 aliphatic carbocycles. The average molecular weight is 569 g/mol. The Balaban J connectivity index is 0.00000420. The summed E-state index contributed by atoms with van der Waals surface area (Å²) in [5, 5.41) is 11.3. The Morgan fingerprint density at radius 1 is 1.18 bits per heavy atom. The molecule has 1 heterocycles. The van der Waals surface area contributed by atoms with Gasteiger partial charge in [-0.15, -0.1) is 0 Å². The fraction of sp³-hybridized carbons (Fsp3) is 0.677. The van der Waals surface area contributed by atoms with Crippen molar-refractivity contribution in [3.05, 3.63) is 47.2 Å². The number of aliphatic hydroxyl groups is 1. The van der Waals surface area contributed by atoms with E-state index in [9.17, 15) is 18.1 Å². The van der Waals surface area contributed by atoms with Gasteiger partial charge < -0.3 is 18.6 Å². The van der Waals surface area contributed by atoms with Gasteiger partial charge in [-0.3, -0.25) is 0 Å². The Labute approximate surface area is 257 Å². The minimum Gasteiger partial charge on any atom is -0.716 e. The fourth-order valence-electron chi connectivity index (χ4n) is 7.70. The molecule has 1 aromatic carbocycles. The summed E-state index contributed by atoms with van der Waals surface area (Å²) in [7, 11) is -4.94. The van der Waals surface area contributed by atoms with Crippen molar-refractivity contribution in [1.82, 2.24) is 0 Å².